The Morgan fingerprint density at radius 1 is 1.43 bits per heavy atom. The fraction of sp³-hybridized carbons (Fsp3) is 0.222. The smallest absolute Gasteiger partial charge is 0.241 e. The Balaban J connectivity index is 2.96. The van der Waals surface area contributed by atoms with E-state index < -0.39 is 6.04 Å². The van der Waals surface area contributed by atoms with Crippen molar-refractivity contribution in [1.82, 2.24) is 5.32 Å². The Labute approximate surface area is 81.2 Å². The van der Waals surface area contributed by atoms with E-state index in [-0.39, 0.29) is 17.4 Å². The summed E-state index contributed by atoms with van der Waals surface area (Å²) in [6, 6.07) is 3.18. The number of amides is 1. The van der Waals surface area contributed by atoms with Gasteiger partial charge in [-0.1, -0.05) is 6.07 Å². The maximum absolute atomic E-state index is 11.1. The maximum Gasteiger partial charge on any atom is 0.241 e. The molecule has 0 spiro atoms. The fourth-order valence-electron chi connectivity index (χ4n) is 1.04. The van der Waals surface area contributed by atoms with Crippen LogP contribution < -0.4 is 11.1 Å². The van der Waals surface area contributed by atoms with Crippen LogP contribution in [0.1, 0.15) is 11.6 Å². The van der Waals surface area contributed by atoms with Gasteiger partial charge in [0.25, 0.3) is 0 Å². The van der Waals surface area contributed by atoms with Crippen molar-refractivity contribution in [2.24, 2.45) is 5.73 Å². The number of nitrogens with two attached hydrogens (primary N) is 1. The molecule has 1 atom stereocenters. The highest BCUT2D eigenvalue weighted by molar-refractivity contribution is 5.82. The van der Waals surface area contributed by atoms with E-state index in [9.17, 15) is 4.79 Å². The molecule has 0 aliphatic heterocycles. The average Bonchev–Trinajstić information content (AvgIpc) is 2.20. The van der Waals surface area contributed by atoms with Gasteiger partial charge in [-0.2, -0.15) is 0 Å². The van der Waals surface area contributed by atoms with Crippen LogP contribution in [0, 0.1) is 0 Å². The van der Waals surface area contributed by atoms with E-state index in [0.717, 1.165) is 0 Å². The molecule has 76 valence electrons. The summed E-state index contributed by atoms with van der Waals surface area (Å²) < 4.78 is 0. The molecule has 0 radical (unpaired) electrons. The number of hydrogen-bond acceptors (Lipinski definition) is 4. The van der Waals surface area contributed by atoms with E-state index >= 15 is 0 Å². The summed E-state index contributed by atoms with van der Waals surface area (Å²) in [5, 5.41) is 20.6. The predicted molar refractivity (Wildman–Crippen MR) is 50.8 cm³/mol. The molecule has 0 bridgehead atoms. The van der Waals surface area contributed by atoms with E-state index in [1.165, 1.54) is 25.2 Å². The molecule has 0 aliphatic carbocycles. The van der Waals surface area contributed by atoms with Gasteiger partial charge < -0.3 is 21.3 Å². The van der Waals surface area contributed by atoms with E-state index in [2.05, 4.69) is 5.32 Å². The number of benzene rings is 1. The number of carbonyl (C=O) groups excluding carboxylic acids is 1. The second kappa shape index (κ2) is 3.97. The molecule has 1 amide bonds. The summed E-state index contributed by atoms with van der Waals surface area (Å²) in [6.45, 7) is 0. The minimum absolute atomic E-state index is 0.238. The fourth-order valence-corrected chi connectivity index (χ4v) is 1.04. The highest BCUT2D eigenvalue weighted by Crippen LogP contribution is 2.26. The van der Waals surface area contributed by atoms with E-state index in [4.69, 9.17) is 15.9 Å². The SMILES string of the molecule is CNC(=O)C(N)c1ccc(O)c(O)c1. The third-order valence-electron chi connectivity index (χ3n) is 1.89. The number of likely N-dealkylation sites (N-methyl/N-ethyl adjacent to an activating group) is 1. The highest BCUT2D eigenvalue weighted by Gasteiger charge is 2.15. The van der Waals surface area contributed by atoms with Crippen molar-refractivity contribution in [2.45, 2.75) is 6.04 Å². The summed E-state index contributed by atoms with van der Waals surface area (Å²) in [5.41, 5.74) is 6.01. The van der Waals surface area contributed by atoms with Crippen molar-refractivity contribution in [3.63, 3.8) is 0 Å². The van der Waals surface area contributed by atoms with Gasteiger partial charge in [-0.15, -0.1) is 0 Å². The van der Waals surface area contributed by atoms with E-state index in [0.29, 0.717) is 5.56 Å². The minimum Gasteiger partial charge on any atom is -0.504 e. The van der Waals surface area contributed by atoms with Crippen LogP contribution in [0.5, 0.6) is 11.5 Å². The second-order valence-electron chi connectivity index (χ2n) is 2.84. The molecule has 5 heteroatoms. The van der Waals surface area contributed by atoms with Crippen molar-refractivity contribution < 1.29 is 15.0 Å². The Hall–Kier alpha value is -1.75. The molecule has 0 heterocycles. The van der Waals surface area contributed by atoms with E-state index in [1.807, 2.05) is 0 Å². The third kappa shape index (κ3) is 1.94. The third-order valence-corrected chi connectivity index (χ3v) is 1.89. The first-order chi connectivity index (χ1) is 6.56. The first kappa shape index (κ1) is 10.3. The van der Waals surface area contributed by atoms with Gasteiger partial charge in [0, 0.05) is 7.05 Å². The molecule has 0 aliphatic rings. The van der Waals surface area contributed by atoms with Crippen LogP contribution in [0.2, 0.25) is 0 Å². The van der Waals surface area contributed by atoms with Gasteiger partial charge in [-0.25, -0.2) is 0 Å². The zero-order valence-electron chi connectivity index (χ0n) is 7.69. The van der Waals surface area contributed by atoms with Crippen molar-refractivity contribution in [1.29, 1.82) is 0 Å². The molecule has 1 aromatic rings. The van der Waals surface area contributed by atoms with Gasteiger partial charge in [-0.3, -0.25) is 4.79 Å². The lowest BCUT2D eigenvalue weighted by molar-refractivity contribution is -0.121. The normalized spacial score (nSPS) is 12.1. The molecule has 0 saturated carbocycles. The molecule has 1 rings (SSSR count). The number of carbonyl (C=O) groups is 1. The largest absolute Gasteiger partial charge is 0.504 e. The summed E-state index contributed by atoms with van der Waals surface area (Å²) in [4.78, 5) is 11.1. The van der Waals surface area contributed by atoms with Crippen LogP contribution in [0.25, 0.3) is 0 Å². The Kier molecular flexibility index (Phi) is 2.93. The molecule has 0 aromatic heterocycles. The molecule has 14 heavy (non-hydrogen) atoms. The number of aromatic hydroxyl groups is 2. The monoisotopic (exact) mass is 196 g/mol. The highest BCUT2D eigenvalue weighted by atomic mass is 16.3. The van der Waals surface area contributed by atoms with Crippen LogP contribution in [0.3, 0.4) is 0 Å². The Bertz CT molecular complexity index is 352. The molecular formula is C9H12N2O3. The van der Waals surface area contributed by atoms with Crippen molar-refractivity contribution >= 4 is 5.91 Å². The number of rotatable bonds is 2. The lowest BCUT2D eigenvalue weighted by atomic mass is 10.1. The topological polar surface area (TPSA) is 95.6 Å². The number of hydrogen-bond donors (Lipinski definition) is 4. The zero-order chi connectivity index (χ0) is 10.7. The second-order valence-corrected chi connectivity index (χ2v) is 2.84. The average molecular weight is 196 g/mol. The number of phenols is 2. The summed E-state index contributed by atoms with van der Waals surface area (Å²) in [6.07, 6.45) is 0. The molecule has 1 unspecified atom stereocenters. The quantitative estimate of drug-likeness (QED) is 0.494. The van der Waals surface area contributed by atoms with Gasteiger partial charge in [0.1, 0.15) is 6.04 Å². The zero-order valence-corrected chi connectivity index (χ0v) is 7.69. The van der Waals surface area contributed by atoms with Gasteiger partial charge in [0.05, 0.1) is 0 Å². The first-order valence-corrected chi connectivity index (χ1v) is 4.05. The van der Waals surface area contributed by atoms with Crippen LogP contribution >= 0.6 is 0 Å². The first-order valence-electron chi connectivity index (χ1n) is 4.05. The molecule has 1 aromatic carbocycles. The van der Waals surface area contributed by atoms with Crippen LogP contribution in [0.4, 0.5) is 0 Å². The van der Waals surface area contributed by atoms with Crippen LogP contribution in [0.15, 0.2) is 18.2 Å². The van der Waals surface area contributed by atoms with Crippen LogP contribution in [-0.2, 0) is 4.79 Å². The maximum atomic E-state index is 11.1. The molecule has 0 fully saturated rings. The number of phenolic OH excluding ortho intramolecular Hbond substituents is 2. The molecular weight excluding hydrogens is 184 g/mol. The molecule has 5 N–H and O–H groups in total. The summed E-state index contributed by atoms with van der Waals surface area (Å²) >= 11 is 0. The van der Waals surface area contributed by atoms with Gasteiger partial charge in [0.15, 0.2) is 11.5 Å². The van der Waals surface area contributed by atoms with Gasteiger partial charge >= 0.3 is 0 Å². The molecule has 0 saturated heterocycles. The van der Waals surface area contributed by atoms with Crippen molar-refractivity contribution in [3.8, 4) is 11.5 Å². The van der Waals surface area contributed by atoms with Crippen LogP contribution in [-0.4, -0.2) is 23.2 Å². The number of nitrogens with one attached hydrogen (secondary N) is 1. The standard InChI is InChI=1S/C9H12N2O3/c1-11-9(14)8(10)5-2-3-6(12)7(13)4-5/h2-4,8,12-13H,10H2,1H3,(H,11,14). The van der Waals surface area contributed by atoms with E-state index in [1.54, 1.807) is 0 Å². The molecule has 5 nitrogen and oxygen atoms in total. The summed E-state index contributed by atoms with van der Waals surface area (Å²) in [7, 11) is 1.47. The lowest BCUT2D eigenvalue weighted by Crippen LogP contribution is -2.31. The Morgan fingerprint density at radius 2 is 2.07 bits per heavy atom. The lowest BCUT2D eigenvalue weighted by Gasteiger charge is -2.10. The minimum atomic E-state index is -0.841. The van der Waals surface area contributed by atoms with Gasteiger partial charge in [0.2, 0.25) is 5.91 Å². The summed E-state index contributed by atoms with van der Waals surface area (Å²) in [5.74, 6) is -0.880. The van der Waals surface area contributed by atoms with Crippen molar-refractivity contribution in [2.75, 3.05) is 7.05 Å². The Morgan fingerprint density at radius 3 is 2.57 bits per heavy atom. The van der Waals surface area contributed by atoms with Crippen molar-refractivity contribution in [3.05, 3.63) is 23.8 Å². The van der Waals surface area contributed by atoms with Gasteiger partial charge in [-0.05, 0) is 17.7 Å². The predicted octanol–water partition coefficient (Wildman–Crippen LogP) is -0.156.